The van der Waals surface area contributed by atoms with Gasteiger partial charge in [-0.2, -0.15) is 0 Å². The van der Waals surface area contributed by atoms with Gasteiger partial charge < -0.3 is 24.8 Å². The van der Waals surface area contributed by atoms with Crippen LogP contribution in [0.3, 0.4) is 0 Å². The molecule has 10 heteroatoms. The van der Waals surface area contributed by atoms with Crippen molar-refractivity contribution in [3.05, 3.63) is 102 Å². The molecule has 2 saturated heterocycles. The highest BCUT2D eigenvalue weighted by atomic mass is 32.2. The second kappa shape index (κ2) is 12.9. The Hall–Kier alpha value is -4.28. The largest absolute Gasteiger partial charge is 0.484 e. The Morgan fingerprint density at radius 3 is 2.29 bits per heavy atom. The number of aliphatic carboxylic acids is 1. The summed E-state index contributed by atoms with van der Waals surface area (Å²) in [6.07, 6.45) is 0. The van der Waals surface area contributed by atoms with E-state index >= 15 is 0 Å². The summed E-state index contributed by atoms with van der Waals surface area (Å²) < 4.78 is 11.0. The van der Waals surface area contributed by atoms with E-state index in [4.69, 9.17) is 9.47 Å². The van der Waals surface area contributed by atoms with Gasteiger partial charge in [0.2, 0.25) is 0 Å². The van der Waals surface area contributed by atoms with Gasteiger partial charge in [0.05, 0.1) is 19.3 Å². The number of para-hydroxylation sites is 1. The third-order valence-corrected chi connectivity index (χ3v) is 8.11. The maximum atomic E-state index is 13.7. The number of carboxylic acids is 1. The molecule has 0 radical (unpaired) electrons. The second-order valence-electron chi connectivity index (χ2n) is 9.59. The number of benzene rings is 3. The fourth-order valence-corrected chi connectivity index (χ4v) is 5.99. The van der Waals surface area contributed by atoms with E-state index in [1.165, 1.54) is 16.7 Å². The minimum absolute atomic E-state index is 0.104. The van der Waals surface area contributed by atoms with Gasteiger partial charge in [-0.3, -0.25) is 14.5 Å². The lowest BCUT2D eigenvalue weighted by atomic mass is 9.87. The molecule has 0 bridgehead atoms. The summed E-state index contributed by atoms with van der Waals surface area (Å²) in [6, 6.07) is 24.6. The lowest BCUT2D eigenvalue weighted by Crippen LogP contribution is -2.66. The highest BCUT2D eigenvalue weighted by molar-refractivity contribution is 7.99. The van der Waals surface area contributed by atoms with E-state index in [1.54, 1.807) is 31.2 Å². The Kier molecular flexibility index (Phi) is 8.91. The molecule has 2 aliphatic heterocycles. The molecule has 2 N–H and O–H groups in total. The predicted octanol–water partition coefficient (Wildman–Crippen LogP) is 3.93. The van der Waals surface area contributed by atoms with Gasteiger partial charge in [0.25, 0.3) is 11.8 Å². The van der Waals surface area contributed by atoms with Crippen LogP contribution in [-0.2, 0) is 19.1 Å². The van der Waals surface area contributed by atoms with Gasteiger partial charge in [-0.15, -0.1) is 0 Å². The Morgan fingerprint density at radius 2 is 1.61 bits per heavy atom. The topological polar surface area (TPSA) is 108 Å². The summed E-state index contributed by atoms with van der Waals surface area (Å²) in [5.41, 5.74) is 1.11. The first kappa shape index (κ1) is 28.3. The molecule has 0 aromatic heterocycles. The second-order valence-corrected chi connectivity index (χ2v) is 10.7. The molecule has 2 atom stereocenters. The Balaban J connectivity index is 1.48. The van der Waals surface area contributed by atoms with Gasteiger partial charge in [-0.05, 0) is 42.8 Å². The summed E-state index contributed by atoms with van der Waals surface area (Å²) in [4.78, 5) is 44.4. The van der Waals surface area contributed by atoms with Crippen molar-refractivity contribution < 1.29 is 29.0 Å². The molecule has 0 saturated carbocycles. The molecule has 3 aromatic rings. The number of carbonyl (C=O) groups excluding carboxylic acids is 2. The number of ether oxygens (including phenoxy) is 2. The number of nitrogens with one attached hydrogen (secondary N) is 1. The number of carboxylic acid groups (broad SMARTS) is 1. The monoisotopic (exact) mass is 573 g/mol. The summed E-state index contributed by atoms with van der Waals surface area (Å²) in [5, 5.41) is 13.2. The molecule has 2 fully saturated rings. The standard InChI is InChI=1S/C31H31N3O6S/c1-21(33-16-18-39-19-17-33)28(31(37)38)34-29(24-14-8-9-15-25(24)41-23-12-6-3-7-13-23)27(30(34)36)32-26(35)20-40-22-10-4-2-5-11-22/h2-15,27,29H,16-20H2,1H3,(H,32,35)(H,37,38)/t27-,29+/m0/s1. The van der Waals surface area contributed by atoms with Gasteiger partial charge in [0.15, 0.2) is 6.61 Å². The van der Waals surface area contributed by atoms with Crippen LogP contribution in [0, 0.1) is 0 Å². The Bertz CT molecular complexity index is 1430. The van der Waals surface area contributed by atoms with Crippen molar-refractivity contribution in [1.29, 1.82) is 0 Å². The number of rotatable bonds is 10. The molecule has 2 aliphatic rings. The molecule has 2 amide bonds. The first-order valence-electron chi connectivity index (χ1n) is 13.3. The molecule has 0 aliphatic carbocycles. The number of likely N-dealkylation sites (tertiary alicyclic amines) is 1. The summed E-state index contributed by atoms with van der Waals surface area (Å²) >= 11 is 1.51. The number of amides is 2. The zero-order valence-electron chi connectivity index (χ0n) is 22.6. The van der Waals surface area contributed by atoms with Gasteiger partial charge in [-0.25, -0.2) is 4.79 Å². The first-order chi connectivity index (χ1) is 19.9. The van der Waals surface area contributed by atoms with Crippen LogP contribution >= 0.6 is 11.8 Å². The number of hydrogen-bond acceptors (Lipinski definition) is 7. The molecule has 9 nitrogen and oxygen atoms in total. The minimum atomic E-state index is -1.21. The molecule has 0 unspecified atom stereocenters. The fraction of sp³-hybridized carbons (Fsp3) is 0.258. The maximum Gasteiger partial charge on any atom is 0.354 e. The number of allylic oxidation sites excluding steroid dienone is 1. The zero-order chi connectivity index (χ0) is 28.8. The molecular formula is C31H31N3O6S. The molecule has 5 rings (SSSR count). The van der Waals surface area contributed by atoms with Crippen LogP contribution in [-0.4, -0.2) is 71.6 Å². The van der Waals surface area contributed by atoms with E-state index < -0.39 is 29.9 Å². The third-order valence-electron chi connectivity index (χ3n) is 7.01. The van der Waals surface area contributed by atoms with Crippen LogP contribution in [0.15, 0.2) is 106 Å². The summed E-state index contributed by atoms with van der Waals surface area (Å²) in [6.45, 7) is 3.41. The molecule has 41 heavy (non-hydrogen) atoms. The van der Waals surface area contributed by atoms with Crippen molar-refractivity contribution in [1.82, 2.24) is 15.1 Å². The SMILES string of the molecule is CC(=C(C(=O)O)N1C(=O)[C@@H](NC(=O)COc2ccccc2)[C@H]1c1ccccc1Sc1ccccc1)N1CCOCC1. The van der Waals surface area contributed by atoms with Crippen LogP contribution in [0.4, 0.5) is 0 Å². The quantitative estimate of drug-likeness (QED) is 0.278. The summed E-state index contributed by atoms with van der Waals surface area (Å²) in [5.74, 6) is -1.65. The van der Waals surface area contributed by atoms with E-state index in [0.29, 0.717) is 37.7 Å². The molecule has 3 aromatic carbocycles. The lowest BCUT2D eigenvalue weighted by molar-refractivity contribution is -0.155. The van der Waals surface area contributed by atoms with Gasteiger partial charge in [-0.1, -0.05) is 66.4 Å². The van der Waals surface area contributed by atoms with Crippen molar-refractivity contribution in [2.45, 2.75) is 28.8 Å². The average molecular weight is 574 g/mol. The van der Waals surface area contributed by atoms with E-state index in [0.717, 1.165) is 15.4 Å². The fourth-order valence-electron chi connectivity index (χ4n) is 4.99. The van der Waals surface area contributed by atoms with Crippen molar-refractivity contribution >= 4 is 29.5 Å². The Labute approximate surface area is 242 Å². The van der Waals surface area contributed by atoms with Crippen molar-refractivity contribution in [2.24, 2.45) is 0 Å². The lowest BCUT2D eigenvalue weighted by Gasteiger charge is -2.48. The molecular weight excluding hydrogens is 542 g/mol. The first-order valence-corrected chi connectivity index (χ1v) is 14.1. The number of morpholine rings is 1. The molecule has 2 heterocycles. The highest BCUT2D eigenvalue weighted by Gasteiger charge is 2.53. The van der Waals surface area contributed by atoms with Crippen LogP contribution in [0.25, 0.3) is 0 Å². The van der Waals surface area contributed by atoms with Crippen molar-refractivity contribution in [2.75, 3.05) is 32.9 Å². The van der Waals surface area contributed by atoms with Crippen molar-refractivity contribution in [3.63, 3.8) is 0 Å². The van der Waals surface area contributed by atoms with Crippen LogP contribution in [0.2, 0.25) is 0 Å². The van der Waals surface area contributed by atoms with E-state index in [1.807, 2.05) is 65.6 Å². The predicted molar refractivity (Wildman–Crippen MR) is 153 cm³/mol. The summed E-state index contributed by atoms with van der Waals surface area (Å²) in [7, 11) is 0. The molecule has 0 spiro atoms. The minimum Gasteiger partial charge on any atom is -0.484 e. The number of hydrogen-bond donors (Lipinski definition) is 2. The van der Waals surface area contributed by atoms with Gasteiger partial charge in [0, 0.05) is 28.6 Å². The van der Waals surface area contributed by atoms with Crippen LogP contribution in [0.1, 0.15) is 18.5 Å². The van der Waals surface area contributed by atoms with E-state index in [9.17, 15) is 19.5 Å². The molecule has 212 valence electrons. The van der Waals surface area contributed by atoms with Crippen LogP contribution in [0.5, 0.6) is 5.75 Å². The number of β-lactam (4-membered cyclic amide) rings is 1. The van der Waals surface area contributed by atoms with E-state index in [2.05, 4.69) is 5.32 Å². The average Bonchev–Trinajstić information content (AvgIpc) is 3.01. The van der Waals surface area contributed by atoms with Crippen LogP contribution < -0.4 is 10.1 Å². The third kappa shape index (κ3) is 6.39. The smallest absolute Gasteiger partial charge is 0.354 e. The highest BCUT2D eigenvalue weighted by Crippen LogP contribution is 2.44. The maximum absolute atomic E-state index is 13.7. The van der Waals surface area contributed by atoms with Gasteiger partial charge >= 0.3 is 5.97 Å². The number of carbonyl (C=O) groups is 3. The Morgan fingerprint density at radius 1 is 0.976 bits per heavy atom. The van der Waals surface area contributed by atoms with E-state index in [-0.39, 0.29) is 12.3 Å². The van der Waals surface area contributed by atoms with Gasteiger partial charge in [0.1, 0.15) is 17.5 Å². The normalized spacial score (nSPS) is 19.2. The van der Waals surface area contributed by atoms with Crippen molar-refractivity contribution in [3.8, 4) is 5.75 Å². The zero-order valence-corrected chi connectivity index (χ0v) is 23.4. The number of nitrogens with zero attached hydrogens (tertiary/aromatic N) is 2.